The van der Waals surface area contributed by atoms with E-state index in [1.54, 1.807) is 60.6 Å². The molecular formula is C22H24N2O4. The molecule has 0 spiro atoms. The Hall–Kier alpha value is -3.28. The van der Waals surface area contributed by atoms with Crippen molar-refractivity contribution in [1.29, 1.82) is 0 Å². The van der Waals surface area contributed by atoms with Gasteiger partial charge in [-0.2, -0.15) is 0 Å². The van der Waals surface area contributed by atoms with Gasteiger partial charge in [0.2, 0.25) is 5.91 Å². The summed E-state index contributed by atoms with van der Waals surface area (Å²) in [6, 6.07) is 12.1. The molecule has 6 heteroatoms. The van der Waals surface area contributed by atoms with Crippen LogP contribution in [-0.2, 0) is 4.79 Å². The maximum Gasteiger partial charge on any atom is 0.255 e. The summed E-state index contributed by atoms with van der Waals surface area (Å²) in [6.45, 7) is 8.08. The molecule has 1 aliphatic rings. The number of nitrogens with zero attached hydrogens (tertiary/aromatic N) is 1. The number of benzene rings is 2. The summed E-state index contributed by atoms with van der Waals surface area (Å²) in [5.74, 6) is 0.967. The van der Waals surface area contributed by atoms with Gasteiger partial charge in [-0.25, -0.2) is 0 Å². The van der Waals surface area contributed by atoms with Gasteiger partial charge in [0, 0.05) is 23.9 Å². The highest BCUT2D eigenvalue weighted by molar-refractivity contribution is 6.05. The van der Waals surface area contributed by atoms with Crippen molar-refractivity contribution in [2.24, 2.45) is 5.41 Å². The number of amides is 2. The van der Waals surface area contributed by atoms with Crippen molar-refractivity contribution in [2.75, 3.05) is 30.5 Å². The summed E-state index contributed by atoms with van der Waals surface area (Å²) in [4.78, 5) is 27.0. The third kappa shape index (κ3) is 3.86. The van der Waals surface area contributed by atoms with Crippen molar-refractivity contribution in [3.8, 4) is 11.5 Å². The molecular weight excluding hydrogens is 356 g/mol. The lowest BCUT2D eigenvalue weighted by Gasteiger charge is -2.27. The first-order valence-corrected chi connectivity index (χ1v) is 9.01. The number of nitrogens with one attached hydrogen (secondary N) is 1. The summed E-state index contributed by atoms with van der Waals surface area (Å²) < 4.78 is 11.0. The molecule has 28 heavy (non-hydrogen) atoms. The quantitative estimate of drug-likeness (QED) is 0.799. The highest BCUT2D eigenvalue weighted by atomic mass is 16.5. The Kier molecular flexibility index (Phi) is 5.40. The van der Waals surface area contributed by atoms with E-state index in [9.17, 15) is 9.59 Å². The van der Waals surface area contributed by atoms with Crippen molar-refractivity contribution < 1.29 is 19.1 Å². The number of hydrogen-bond donors (Lipinski definition) is 1. The second kappa shape index (κ2) is 7.76. The second-order valence-corrected chi connectivity index (χ2v) is 7.24. The molecule has 0 aromatic heterocycles. The Balaban J connectivity index is 1.86. The second-order valence-electron chi connectivity index (χ2n) is 7.24. The van der Waals surface area contributed by atoms with E-state index < -0.39 is 5.41 Å². The van der Waals surface area contributed by atoms with E-state index in [2.05, 4.69) is 11.9 Å². The number of carbonyl (C=O) groups is 2. The molecule has 1 aliphatic heterocycles. The van der Waals surface area contributed by atoms with Crippen molar-refractivity contribution in [3.63, 3.8) is 0 Å². The number of fused-ring (bicyclic) bond motifs is 1. The normalized spacial score (nSPS) is 15.1. The Morgan fingerprint density at radius 3 is 2.64 bits per heavy atom. The monoisotopic (exact) mass is 380 g/mol. The van der Waals surface area contributed by atoms with E-state index in [1.165, 1.54) is 0 Å². The third-order valence-corrected chi connectivity index (χ3v) is 4.58. The summed E-state index contributed by atoms with van der Waals surface area (Å²) in [6.07, 6.45) is 1.68. The smallest absolute Gasteiger partial charge is 0.255 e. The Labute approximate surface area is 164 Å². The van der Waals surface area contributed by atoms with E-state index in [4.69, 9.17) is 9.47 Å². The van der Waals surface area contributed by atoms with Crippen LogP contribution in [0.5, 0.6) is 11.5 Å². The molecule has 1 heterocycles. The first-order chi connectivity index (χ1) is 13.4. The van der Waals surface area contributed by atoms with E-state index >= 15 is 0 Å². The number of hydrogen-bond acceptors (Lipinski definition) is 4. The van der Waals surface area contributed by atoms with Crippen LogP contribution in [0.2, 0.25) is 0 Å². The van der Waals surface area contributed by atoms with E-state index in [0.717, 1.165) is 0 Å². The van der Waals surface area contributed by atoms with E-state index in [1.807, 2.05) is 13.8 Å². The molecule has 2 aromatic carbocycles. The van der Waals surface area contributed by atoms with Gasteiger partial charge in [-0.3, -0.25) is 9.59 Å². The predicted molar refractivity (Wildman–Crippen MR) is 109 cm³/mol. The van der Waals surface area contributed by atoms with Gasteiger partial charge >= 0.3 is 0 Å². The average molecular weight is 380 g/mol. The third-order valence-electron chi connectivity index (χ3n) is 4.58. The summed E-state index contributed by atoms with van der Waals surface area (Å²) in [5, 5.41) is 2.86. The molecule has 146 valence electrons. The SMILES string of the molecule is C=CCN1C(=O)C(C)(C)COc2cc(NC(=O)c3ccc(OC)cc3)ccc21. The fourth-order valence-electron chi connectivity index (χ4n) is 2.98. The van der Waals surface area contributed by atoms with Gasteiger partial charge in [0.25, 0.3) is 5.91 Å². The number of carbonyl (C=O) groups excluding carboxylic acids is 2. The molecule has 6 nitrogen and oxygen atoms in total. The number of ether oxygens (including phenoxy) is 2. The molecule has 3 rings (SSSR count). The highest BCUT2D eigenvalue weighted by Crippen LogP contribution is 2.38. The van der Waals surface area contributed by atoms with Gasteiger partial charge in [-0.1, -0.05) is 6.08 Å². The summed E-state index contributed by atoms with van der Waals surface area (Å²) >= 11 is 0. The Morgan fingerprint density at radius 2 is 2.00 bits per heavy atom. The molecule has 2 amide bonds. The Morgan fingerprint density at radius 1 is 1.29 bits per heavy atom. The zero-order chi connectivity index (χ0) is 20.3. The van der Waals surface area contributed by atoms with Crippen molar-refractivity contribution >= 4 is 23.2 Å². The van der Waals surface area contributed by atoms with Crippen molar-refractivity contribution in [1.82, 2.24) is 0 Å². The van der Waals surface area contributed by atoms with Crippen LogP contribution in [0, 0.1) is 5.41 Å². The maximum absolute atomic E-state index is 12.8. The van der Waals surface area contributed by atoms with Gasteiger partial charge < -0.3 is 19.7 Å². The molecule has 0 atom stereocenters. The first kappa shape index (κ1) is 19.5. The number of rotatable bonds is 5. The topological polar surface area (TPSA) is 67.9 Å². The molecule has 0 aliphatic carbocycles. The van der Waals surface area contributed by atoms with Gasteiger partial charge in [0.05, 0.1) is 18.2 Å². The number of methoxy groups -OCH3 is 1. The van der Waals surface area contributed by atoms with Crippen molar-refractivity contribution in [2.45, 2.75) is 13.8 Å². The molecule has 0 fully saturated rings. The molecule has 1 N–H and O–H groups in total. The van der Waals surface area contributed by atoms with Crippen LogP contribution in [0.15, 0.2) is 55.1 Å². The maximum atomic E-state index is 12.8. The zero-order valence-electron chi connectivity index (χ0n) is 16.3. The molecule has 0 saturated heterocycles. The fourth-order valence-corrected chi connectivity index (χ4v) is 2.98. The highest BCUT2D eigenvalue weighted by Gasteiger charge is 2.37. The van der Waals surface area contributed by atoms with E-state index in [0.29, 0.717) is 35.0 Å². The number of anilines is 2. The molecule has 2 aromatic rings. The van der Waals surface area contributed by atoms with Crippen molar-refractivity contribution in [3.05, 3.63) is 60.7 Å². The zero-order valence-corrected chi connectivity index (χ0v) is 16.3. The van der Waals surface area contributed by atoms with Crippen LogP contribution >= 0.6 is 0 Å². The lowest BCUT2D eigenvalue weighted by Crippen LogP contribution is -2.42. The lowest BCUT2D eigenvalue weighted by molar-refractivity contribution is -0.127. The van der Waals surface area contributed by atoms with Crippen LogP contribution in [-0.4, -0.2) is 32.1 Å². The van der Waals surface area contributed by atoms with Crippen LogP contribution in [0.25, 0.3) is 0 Å². The fraction of sp³-hybridized carbons (Fsp3) is 0.273. The Bertz CT molecular complexity index is 903. The van der Waals surface area contributed by atoms with Crippen LogP contribution < -0.4 is 19.7 Å². The molecule has 0 bridgehead atoms. The van der Waals surface area contributed by atoms with Crippen LogP contribution in [0.3, 0.4) is 0 Å². The standard InChI is InChI=1S/C22H24N2O4/c1-5-12-24-18-11-8-16(13-19(18)28-14-22(2,3)21(24)26)23-20(25)15-6-9-17(27-4)10-7-15/h5-11,13H,1,12,14H2,2-4H3,(H,23,25). The minimum atomic E-state index is -0.658. The lowest BCUT2D eigenvalue weighted by atomic mass is 9.93. The minimum absolute atomic E-state index is 0.0267. The van der Waals surface area contributed by atoms with Gasteiger partial charge in [-0.15, -0.1) is 6.58 Å². The first-order valence-electron chi connectivity index (χ1n) is 9.01. The minimum Gasteiger partial charge on any atom is -0.497 e. The van der Waals surface area contributed by atoms with Crippen LogP contribution in [0.4, 0.5) is 11.4 Å². The van der Waals surface area contributed by atoms with Crippen LogP contribution in [0.1, 0.15) is 24.2 Å². The molecule has 0 unspecified atom stereocenters. The largest absolute Gasteiger partial charge is 0.497 e. The average Bonchev–Trinajstić information content (AvgIpc) is 2.78. The summed E-state index contributed by atoms with van der Waals surface area (Å²) in [7, 11) is 1.58. The van der Waals surface area contributed by atoms with E-state index in [-0.39, 0.29) is 18.4 Å². The molecule has 0 radical (unpaired) electrons. The van der Waals surface area contributed by atoms with Gasteiger partial charge in [0.15, 0.2) is 0 Å². The molecule has 0 saturated carbocycles. The predicted octanol–water partition coefficient (Wildman–Crippen LogP) is 3.89. The van der Waals surface area contributed by atoms with Gasteiger partial charge in [-0.05, 0) is 50.2 Å². The van der Waals surface area contributed by atoms with Gasteiger partial charge in [0.1, 0.15) is 18.1 Å². The summed E-state index contributed by atoms with van der Waals surface area (Å²) in [5.41, 5.74) is 1.11.